The molecule has 2 rings (SSSR count). The molecule has 1 saturated carbocycles. The summed E-state index contributed by atoms with van der Waals surface area (Å²) in [6, 6.07) is 0.353. The highest BCUT2D eigenvalue weighted by molar-refractivity contribution is 5.95. The largest absolute Gasteiger partial charge is 0.396 e. The zero-order valence-electron chi connectivity index (χ0n) is 9.59. The lowest BCUT2D eigenvalue weighted by Crippen LogP contribution is -2.32. The number of nitrogens with zero attached hydrogens (tertiary/aromatic N) is 3. The summed E-state index contributed by atoms with van der Waals surface area (Å²) < 4.78 is 1.34. The Hall–Kier alpha value is -2.05. The lowest BCUT2D eigenvalue weighted by Gasteiger charge is -2.15. The number of nitrogen functional groups attached to an aromatic ring is 1. The molecule has 2 amide bonds. The zero-order chi connectivity index (χ0) is 12.6. The van der Waals surface area contributed by atoms with Crippen LogP contribution in [0.2, 0.25) is 0 Å². The first-order valence-electron chi connectivity index (χ1n) is 5.37. The lowest BCUT2D eigenvalue weighted by atomic mass is 10.4. The second-order valence-corrected chi connectivity index (χ2v) is 4.23. The molecule has 1 heterocycles. The van der Waals surface area contributed by atoms with Crippen LogP contribution in [0, 0.1) is 0 Å². The number of primary amides is 1. The third-order valence-corrected chi connectivity index (χ3v) is 2.81. The molecule has 1 aromatic heterocycles. The molecule has 17 heavy (non-hydrogen) atoms. The summed E-state index contributed by atoms with van der Waals surface area (Å²) in [4.78, 5) is 24.4. The fourth-order valence-corrected chi connectivity index (χ4v) is 1.62. The topological polar surface area (TPSA) is 107 Å². The van der Waals surface area contributed by atoms with Crippen LogP contribution in [0.3, 0.4) is 0 Å². The van der Waals surface area contributed by atoms with Crippen LogP contribution in [0.4, 0.5) is 5.69 Å². The van der Waals surface area contributed by atoms with Crippen LogP contribution < -0.4 is 11.5 Å². The average Bonchev–Trinajstić information content (AvgIpc) is 3.02. The van der Waals surface area contributed by atoms with Crippen LogP contribution >= 0.6 is 0 Å². The van der Waals surface area contributed by atoms with Gasteiger partial charge in [0.15, 0.2) is 5.69 Å². The first-order chi connectivity index (χ1) is 7.99. The van der Waals surface area contributed by atoms with E-state index >= 15 is 0 Å². The van der Waals surface area contributed by atoms with Crippen molar-refractivity contribution in [3.05, 3.63) is 11.9 Å². The van der Waals surface area contributed by atoms with E-state index in [1.54, 1.807) is 11.9 Å². The van der Waals surface area contributed by atoms with E-state index in [0.29, 0.717) is 6.04 Å². The number of nitrogens with two attached hydrogens (primary N) is 2. The predicted molar refractivity (Wildman–Crippen MR) is 60.9 cm³/mol. The number of rotatable bonds is 4. The van der Waals surface area contributed by atoms with Crippen molar-refractivity contribution in [3.8, 4) is 0 Å². The van der Waals surface area contributed by atoms with Crippen LogP contribution in [0.1, 0.15) is 23.3 Å². The molecule has 0 atom stereocenters. The average molecular weight is 237 g/mol. The van der Waals surface area contributed by atoms with Crippen molar-refractivity contribution >= 4 is 17.5 Å². The summed E-state index contributed by atoms with van der Waals surface area (Å²) in [7, 11) is 1.77. The molecule has 0 aliphatic heterocycles. The molecule has 7 nitrogen and oxygen atoms in total. The van der Waals surface area contributed by atoms with E-state index in [-0.39, 0.29) is 23.8 Å². The number of anilines is 1. The molecule has 0 saturated heterocycles. The SMILES string of the molecule is CN(C(=O)Cn1cc(N)c(C(N)=O)n1)C1CC1. The van der Waals surface area contributed by atoms with Crippen molar-refractivity contribution in [2.75, 3.05) is 12.8 Å². The Labute approximate surface area is 98.4 Å². The summed E-state index contributed by atoms with van der Waals surface area (Å²) in [5, 5.41) is 3.88. The quantitative estimate of drug-likeness (QED) is 0.713. The number of aromatic nitrogens is 2. The maximum atomic E-state index is 11.8. The van der Waals surface area contributed by atoms with E-state index in [9.17, 15) is 9.59 Å². The summed E-state index contributed by atoms with van der Waals surface area (Å²) in [5.41, 5.74) is 10.8. The molecule has 92 valence electrons. The fourth-order valence-electron chi connectivity index (χ4n) is 1.62. The number of hydrogen-bond donors (Lipinski definition) is 2. The van der Waals surface area contributed by atoms with Crippen LogP contribution in [-0.4, -0.2) is 39.6 Å². The number of hydrogen-bond acceptors (Lipinski definition) is 4. The Kier molecular flexibility index (Phi) is 2.74. The van der Waals surface area contributed by atoms with Crippen LogP contribution in [0.25, 0.3) is 0 Å². The first-order valence-corrected chi connectivity index (χ1v) is 5.37. The van der Waals surface area contributed by atoms with Gasteiger partial charge in [0.25, 0.3) is 5.91 Å². The van der Waals surface area contributed by atoms with Gasteiger partial charge < -0.3 is 16.4 Å². The van der Waals surface area contributed by atoms with Crippen molar-refractivity contribution in [2.24, 2.45) is 5.73 Å². The van der Waals surface area contributed by atoms with Gasteiger partial charge in [0.1, 0.15) is 6.54 Å². The third kappa shape index (κ3) is 2.38. The van der Waals surface area contributed by atoms with E-state index in [1.165, 1.54) is 10.9 Å². The minimum absolute atomic E-state index is 0.00637. The molecule has 7 heteroatoms. The molecule has 0 bridgehead atoms. The minimum atomic E-state index is -0.691. The van der Waals surface area contributed by atoms with Gasteiger partial charge in [0.2, 0.25) is 5.91 Å². The van der Waals surface area contributed by atoms with Gasteiger partial charge in [-0.15, -0.1) is 0 Å². The lowest BCUT2D eigenvalue weighted by molar-refractivity contribution is -0.131. The van der Waals surface area contributed by atoms with Crippen LogP contribution in [0.15, 0.2) is 6.20 Å². The Balaban J connectivity index is 2.05. The Morgan fingerprint density at radius 2 is 2.24 bits per heavy atom. The summed E-state index contributed by atoms with van der Waals surface area (Å²) in [5.74, 6) is -0.740. The number of carbonyl (C=O) groups is 2. The van der Waals surface area contributed by atoms with E-state index in [0.717, 1.165) is 12.8 Å². The van der Waals surface area contributed by atoms with E-state index < -0.39 is 5.91 Å². The van der Waals surface area contributed by atoms with Gasteiger partial charge in [-0.05, 0) is 12.8 Å². The summed E-state index contributed by atoms with van der Waals surface area (Å²) >= 11 is 0. The van der Waals surface area contributed by atoms with Crippen LogP contribution in [-0.2, 0) is 11.3 Å². The van der Waals surface area contributed by atoms with Gasteiger partial charge in [-0.1, -0.05) is 0 Å². The molecule has 0 spiro atoms. The molecule has 1 aliphatic carbocycles. The van der Waals surface area contributed by atoms with Crippen LogP contribution in [0.5, 0.6) is 0 Å². The molecule has 4 N–H and O–H groups in total. The Bertz CT molecular complexity index is 463. The molecule has 1 fully saturated rings. The molecular weight excluding hydrogens is 222 g/mol. The summed E-state index contributed by atoms with van der Waals surface area (Å²) in [6.07, 6.45) is 3.55. The van der Waals surface area contributed by atoms with E-state index in [1.807, 2.05) is 0 Å². The number of amides is 2. The zero-order valence-corrected chi connectivity index (χ0v) is 9.59. The second-order valence-electron chi connectivity index (χ2n) is 4.23. The van der Waals surface area contributed by atoms with Crippen molar-refractivity contribution < 1.29 is 9.59 Å². The smallest absolute Gasteiger partial charge is 0.271 e. The molecule has 0 aromatic carbocycles. The van der Waals surface area contributed by atoms with Gasteiger partial charge in [-0.25, -0.2) is 0 Å². The van der Waals surface area contributed by atoms with Gasteiger partial charge in [0, 0.05) is 19.3 Å². The maximum Gasteiger partial charge on any atom is 0.271 e. The van der Waals surface area contributed by atoms with Crippen molar-refractivity contribution in [1.29, 1.82) is 0 Å². The van der Waals surface area contributed by atoms with E-state index in [2.05, 4.69) is 5.10 Å². The molecule has 0 unspecified atom stereocenters. The second kappa shape index (κ2) is 4.08. The Morgan fingerprint density at radius 1 is 1.59 bits per heavy atom. The highest BCUT2D eigenvalue weighted by Gasteiger charge is 2.29. The van der Waals surface area contributed by atoms with Crippen molar-refractivity contribution in [3.63, 3.8) is 0 Å². The molecular formula is C10H15N5O2. The maximum absolute atomic E-state index is 11.8. The van der Waals surface area contributed by atoms with Crippen molar-refractivity contribution in [1.82, 2.24) is 14.7 Å². The monoisotopic (exact) mass is 237 g/mol. The van der Waals surface area contributed by atoms with Gasteiger partial charge in [0.05, 0.1) is 5.69 Å². The Morgan fingerprint density at radius 3 is 2.71 bits per heavy atom. The highest BCUT2D eigenvalue weighted by atomic mass is 16.2. The summed E-state index contributed by atoms with van der Waals surface area (Å²) in [6.45, 7) is 0.0739. The van der Waals surface area contributed by atoms with E-state index in [4.69, 9.17) is 11.5 Å². The first kappa shape index (κ1) is 11.4. The molecule has 0 radical (unpaired) electrons. The molecule has 1 aromatic rings. The fraction of sp³-hybridized carbons (Fsp3) is 0.500. The van der Waals surface area contributed by atoms with Gasteiger partial charge in [-0.2, -0.15) is 5.10 Å². The molecule has 1 aliphatic rings. The standard InChI is InChI=1S/C10H15N5O2/c1-14(6-2-3-6)8(16)5-15-4-7(11)9(13-15)10(12)17/h4,6H,2-3,5,11H2,1H3,(H2,12,17). The normalized spacial score (nSPS) is 14.6. The van der Waals surface area contributed by atoms with Crippen molar-refractivity contribution in [2.45, 2.75) is 25.4 Å². The minimum Gasteiger partial charge on any atom is -0.396 e. The van der Waals surface area contributed by atoms with Gasteiger partial charge in [-0.3, -0.25) is 14.3 Å². The highest BCUT2D eigenvalue weighted by Crippen LogP contribution is 2.25. The number of likely N-dealkylation sites (N-methyl/N-ethyl adjacent to an activating group) is 1. The number of carbonyl (C=O) groups excluding carboxylic acids is 2. The third-order valence-electron chi connectivity index (χ3n) is 2.81. The predicted octanol–water partition coefficient (Wildman–Crippen LogP) is -0.815. The van der Waals surface area contributed by atoms with Gasteiger partial charge >= 0.3 is 0 Å².